The Balaban J connectivity index is 2.00. The molecule has 1 aromatic rings. The maximum absolute atomic E-state index is 12.3. The Bertz CT molecular complexity index is 648. The summed E-state index contributed by atoms with van der Waals surface area (Å²) in [6, 6.07) is 6.94. The van der Waals surface area contributed by atoms with Crippen molar-refractivity contribution in [1.29, 1.82) is 0 Å². The van der Waals surface area contributed by atoms with Crippen molar-refractivity contribution in [3.8, 4) is 5.75 Å². The highest BCUT2D eigenvalue weighted by atomic mass is 16.6. The van der Waals surface area contributed by atoms with Crippen LogP contribution in [0.5, 0.6) is 5.75 Å². The van der Waals surface area contributed by atoms with Gasteiger partial charge in [0.25, 0.3) is 5.91 Å². The van der Waals surface area contributed by atoms with E-state index in [1.807, 2.05) is 0 Å². The number of nitrogens with zero attached hydrogens (tertiary/aromatic N) is 1. The van der Waals surface area contributed by atoms with E-state index >= 15 is 0 Å². The molecule has 1 aliphatic rings. The number of amides is 2. The van der Waals surface area contributed by atoms with Gasteiger partial charge in [0.05, 0.1) is 18.8 Å². The summed E-state index contributed by atoms with van der Waals surface area (Å²) in [4.78, 5) is 37.5. The number of anilines is 1. The summed E-state index contributed by atoms with van der Waals surface area (Å²) < 4.78 is 15.6. The Morgan fingerprint density at radius 1 is 1.36 bits per heavy atom. The van der Waals surface area contributed by atoms with E-state index in [2.05, 4.69) is 5.32 Å². The number of para-hydroxylation sites is 2. The molecule has 0 fully saturated rings. The van der Waals surface area contributed by atoms with Crippen LogP contribution in [0, 0.1) is 0 Å². The number of fused-ring (bicyclic) bond motifs is 1. The van der Waals surface area contributed by atoms with Gasteiger partial charge < -0.3 is 24.4 Å². The molecule has 0 saturated heterocycles. The minimum absolute atomic E-state index is 0.0309. The second-order valence-electron chi connectivity index (χ2n) is 5.57. The molecule has 1 aromatic carbocycles. The monoisotopic (exact) mass is 350 g/mol. The topological polar surface area (TPSA) is 94.2 Å². The Morgan fingerprint density at radius 3 is 2.76 bits per heavy atom. The van der Waals surface area contributed by atoms with E-state index in [0.29, 0.717) is 24.6 Å². The number of rotatable bonds is 6. The van der Waals surface area contributed by atoms with Crippen LogP contribution in [0.25, 0.3) is 0 Å². The molecular formula is C17H22N2O6. The van der Waals surface area contributed by atoms with Crippen molar-refractivity contribution >= 4 is 23.5 Å². The van der Waals surface area contributed by atoms with Crippen LogP contribution >= 0.6 is 0 Å². The van der Waals surface area contributed by atoms with E-state index in [-0.39, 0.29) is 12.5 Å². The Labute approximate surface area is 146 Å². The van der Waals surface area contributed by atoms with Gasteiger partial charge in [0.1, 0.15) is 5.75 Å². The first kappa shape index (κ1) is 18.7. The molecule has 1 heterocycles. The zero-order valence-corrected chi connectivity index (χ0v) is 14.5. The maximum atomic E-state index is 12.3. The number of nitrogens with one attached hydrogen (secondary N) is 1. The molecule has 8 nitrogen and oxygen atoms in total. The molecule has 0 unspecified atom stereocenters. The SMILES string of the molecule is COCCNC(=O)[C@H](C)OC(=O)[C@@H]1CN(C(C)=O)c2ccccc2O1. The fourth-order valence-corrected chi connectivity index (χ4v) is 2.38. The van der Waals surface area contributed by atoms with Gasteiger partial charge in [0.15, 0.2) is 6.10 Å². The molecule has 1 aliphatic heterocycles. The van der Waals surface area contributed by atoms with E-state index in [1.54, 1.807) is 24.3 Å². The third-order valence-corrected chi connectivity index (χ3v) is 3.68. The summed E-state index contributed by atoms with van der Waals surface area (Å²) in [5, 5.41) is 2.59. The zero-order chi connectivity index (χ0) is 18.4. The Hall–Kier alpha value is -2.61. The van der Waals surface area contributed by atoms with Gasteiger partial charge in [-0.25, -0.2) is 4.79 Å². The Kier molecular flexibility index (Phi) is 6.35. The molecule has 2 amide bonds. The van der Waals surface area contributed by atoms with Crippen molar-refractivity contribution in [3.63, 3.8) is 0 Å². The van der Waals surface area contributed by atoms with E-state index in [9.17, 15) is 14.4 Å². The average Bonchev–Trinajstić information content (AvgIpc) is 2.60. The Morgan fingerprint density at radius 2 is 2.08 bits per heavy atom. The van der Waals surface area contributed by atoms with Crippen molar-refractivity contribution in [3.05, 3.63) is 24.3 Å². The van der Waals surface area contributed by atoms with Crippen molar-refractivity contribution < 1.29 is 28.6 Å². The van der Waals surface area contributed by atoms with Crippen LogP contribution in [0.3, 0.4) is 0 Å². The van der Waals surface area contributed by atoms with Crippen LogP contribution < -0.4 is 15.0 Å². The minimum Gasteiger partial charge on any atom is -0.475 e. The van der Waals surface area contributed by atoms with Crippen molar-refractivity contribution in [2.75, 3.05) is 31.7 Å². The van der Waals surface area contributed by atoms with Gasteiger partial charge in [-0.05, 0) is 19.1 Å². The van der Waals surface area contributed by atoms with Crippen LogP contribution in [0.2, 0.25) is 0 Å². The maximum Gasteiger partial charge on any atom is 0.350 e. The number of hydrogen-bond acceptors (Lipinski definition) is 6. The largest absolute Gasteiger partial charge is 0.475 e. The molecule has 0 radical (unpaired) electrons. The van der Waals surface area contributed by atoms with Crippen molar-refractivity contribution in [2.45, 2.75) is 26.1 Å². The van der Waals surface area contributed by atoms with Crippen LogP contribution in [-0.4, -0.2) is 56.8 Å². The number of hydrogen-bond donors (Lipinski definition) is 1. The van der Waals surface area contributed by atoms with Crippen LogP contribution in [0.15, 0.2) is 24.3 Å². The fraction of sp³-hybridized carbons (Fsp3) is 0.471. The molecule has 0 saturated carbocycles. The van der Waals surface area contributed by atoms with Crippen molar-refractivity contribution in [1.82, 2.24) is 5.32 Å². The van der Waals surface area contributed by atoms with Gasteiger partial charge in [-0.15, -0.1) is 0 Å². The zero-order valence-electron chi connectivity index (χ0n) is 14.5. The summed E-state index contributed by atoms with van der Waals surface area (Å²) >= 11 is 0. The second kappa shape index (κ2) is 8.48. The highest BCUT2D eigenvalue weighted by molar-refractivity contribution is 5.95. The van der Waals surface area contributed by atoms with Gasteiger partial charge in [-0.2, -0.15) is 0 Å². The molecular weight excluding hydrogens is 328 g/mol. The summed E-state index contributed by atoms with van der Waals surface area (Å²) in [7, 11) is 1.52. The molecule has 0 aliphatic carbocycles. The molecule has 8 heteroatoms. The lowest BCUT2D eigenvalue weighted by Gasteiger charge is -2.33. The predicted octanol–water partition coefficient (Wildman–Crippen LogP) is 0.495. The normalized spacial score (nSPS) is 17.1. The third kappa shape index (κ3) is 4.69. The molecule has 136 valence electrons. The lowest BCUT2D eigenvalue weighted by Crippen LogP contribution is -2.48. The first-order valence-corrected chi connectivity index (χ1v) is 7.95. The summed E-state index contributed by atoms with van der Waals surface area (Å²) in [5.41, 5.74) is 0.601. The van der Waals surface area contributed by atoms with Crippen LogP contribution in [-0.2, 0) is 23.9 Å². The van der Waals surface area contributed by atoms with Crippen LogP contribution in [0.1, 0.15) is 13.8 Å². The second-order valence-corrected chi connectivity index (χ2v) is 5.57. The number of carbonyl (C=O) groups excluding carboxylic acids is 3. The standard InChI is InChI=1S/C17H22N2O6/c1-11(16(21)18-8-9-23-3)24-17(22)15-10-19(12(2)20)13-6-4-5-7-14(13)25-15/h4-7,11,15H,8-10H2,1-3H3,(H,18,21)/t11-,15-/m0/s1. The predicted molar refractivity (Wildman–Crippen MR) is 89.3 cm³/mol. The average molecular weight is 350 g/mol. The van der Waals surface area contributed by atoms with Gasteiger partial charge in [-0.3, -0.25) is 9.59 Å². The number of esters is 1. The quantitative estimate of drug-likeness (QED) is 0.593. The summed E-state index contributed by atoms with van der Waals surface area (Å²) in [6.07, 6.45) is -1.97. The molecule has 2 rings (SSSR count). The summed E-state index contributed by atoms with van der Waals surface area (Å²) in [6.45, 7) is 3.60. The molecule has 0 aromatic heterocycles. The first-order valence-electron chi connectivity index (χ1n) is 7.95. The number of ether oxygens (including phenoxy) is 3. The fourth-order valence-electron chi connectivity index (χ4n) is 2.38. The van der Waals surface area contributed by atoms with Gasteiger partial charge in [0.2, 0.25) is 12.0 Å². The lowest BCUT2D eigenvalue weighted by molar-refractivity contribution is -0.161. The molecule has 1 N–H and O–H groups in total. The number of methoxy groups -OCH3 is 1. The number of carbonyl (C=O) groups is 3. The highest BCUT2D eigenvalue weighted by Crippen LogP contribution is 2.33. The first-order chi connectivity index (χ1) is 11.9. The smallest absolute Gasteiger partial charge is 0.350 e. The van der Waals surface area contributed by atoms with E-state index in [0.717, 1.165) is 0 Å². The molecule has 0 bridgehead atoms. The summed E-state index contributed by atoms with van der Waals surface area (Å²) in [5.74, 6) is -0.915. The lowest BCUT2D eigenvalue weighted by atomic mass is 10.2. The highest BCUT2D eigenvalue weighted by Gasteiger charge is 2.35. The number of benzene rings is 1. The molecule has 2 atom stereocenters. The van der Waals surface area contributed by atoms with E-state index in [4.69, 9.17) is 14.2 Å². The third-order valence-electron chi connectivity index (χ3n) is 3.68. The van der Waals surface area contributed by atoms with Gasteiger partial charge in [-0.1, -0.05) is 12.1 Å². The van der Waals surface area contributed by atoms with Crippen LogP contribution in [0.4, 0.5) is 5.69 Å². The molecule has 0 spiro atoms. The van der Waals surface area contributed by atoms with Gasteiger partial charge >= 0.3 is 5.97 Å². The molecule has 25 heavy (non-hydrogen) atoms. The minimum atomic E-state index is -0.993. The van der Waals surface area contributed by atoms with E-state index < -0.39 is 24.1 Å². The van der Waals surface area contributed by atoms with Gasteiger partial charge in [0, 0.05) is 20.6 Å². The van der Waals surface area contributed by atoms with Crippen molar-refractivity contribution in [2.24, 2.45) is 0 Å². The van der Waals surface area contributed by atoms with E-state index in [1.165, 1.54) is 25.9 Å².